The van der Waals surface area contributed by atoms with Gasteiger partial charge in [0.1, 0.15) is 11.4 Å². The van der Waals surface area contributed by atoms with E-state index < -0.39 is 10.0 Å². The van der Waals surface area contributed by atoms with Gasteiger partial charge in [-0.1, -0.05) is 29.8 Å². The van der Waals surface area contributed by atoms with Crippen molar-refractivity contribution in [1.82, 2.24) is 23.9 Å². The molecule has 3 heterocycles. The number of phenols is 1. The normalized spacial score (nSPS) is 11.9. The lowest BCUT2D eigenvalue weighted by molar-refractivity contribution is 0.476. The van der Waals surface area contributed by atoms with Crippen LogP contribution in [0.15, 0.2) is 84.1 Å². The number of sulfonamides is 1. The molecule has 0 aliphatic rings. The smallest absolute Gasteiger partial charge is 0.242 e. The molecule has 8 nitrogen and oxygen atoms in total. The fraction of sp³-hybridized carbons (Fsp3) is 0.0800. The number of pyridine rings is 1. The SMILES string of the molecule is CN(C)S(=O)(=O)c1cccc(-c2ccnc3c(-c4ccc(Cl)c(O)c4)c(-c4ccncc4)nn23)c1. The number of halogens is 1. The molecular formula is C25H20ClN5O3S. The van der Waals surface area contributed by atoms with E-state index in [2.05, 4.69) is 9.97 Å². The summed E-state index contributed by atoms with van der Waals surface area (Å²) < 4.78 is 28.3. The van der Waals surface area contributed by atoms with Gasteiger partial charge in [-0.25, -0.2) is 22.2 Å². The molecule has 0 fully saturated rings. The zero-order chi connectivity index (χ0) is 24.7. The van der Waals surface area contributed by atoms with Gasteiger partial charge in [-0.15, -0.1) is 0 Å². The number of fused-ring (bicyclic) bond motifs is 1. The Hall–Kier alpha value is -3.79. The minimum atomic E-state index is -3.62. The average Bonchev–Trinajstić information content (AvgIpc) is 3.26. The lowest BCUT2D eigenvalue weighted by atomic mass is 10.0. The van der Waals surface area contributed by atoms with E-state index in [9.17, 15) is 13.5 Å². The first-order chi connectivity index (χ1) is 16.8. The van der Waals surface area contributed by atoms with Crippen molar-refractivity contribution in [3.05, 3.63) is 84.3 Å². The Morgan fingerprint density at radius 1 is 0.914 bits per heavy atom. The van der Waals surface area contributed by atoms with Crippen LogP contribution in [-0.2, 0) is 10.0 Å². The Bertz CT molecular complexity index is 1670. The Labute approximate surface area is 207 Å². The van der Waals surface area contributed by atoms with Gasteiger partial charge < -0.3 is 5.11 Å². The third-order valence-corrected chi connectivity index (χ3v) is 7.75. The Balaban J connectivity index is 1.80. The first-order valence-electron chi connectivity index (χ1n) is 10.6. The van der Waals surface area contributed by atoms with Crippen molar-refractivity contribution in [3.8, 4) is 39.4 Å². The minimum Gasteiger partial charge on any atom is -0.506 e. The number of hydrogen-bond acceptors (Lipinski definition) is 6. The van der Waals surface area contributed by atoms with Gasteiger partial charge in [-0.05, 0) is 48.0 Å². The molecule has 0 unspecified atom stereocenters. The van der Waals surface area contributed by atoms with Gasteiger partial charge in [0.15, 0.2) is 5.65 Å². The largest absolute Gasteiger partial charge is 0.506 e. The van der Waals surface area contributed by atoms with E-state index in [1.807, 2.05) is 18.2 Å². The number of phenolic OH excluding ortho intramolecular Hbond substituents is 1. The molecular weight excluding hydrogens is 486 g/mol. The molecule has 176 valence electrons. The molecule has 35 heavy (non-hydrogen) atoms. The summed E-state index contributed by atoms with van der Waals surface area (Å²) >= 11 is 6.05. The number of hydrogen-bond donors (Lipinski definition) is 1. The highest BCUT2D eigenvalue weighted by molar-refractivity contribution is 7.89. The fourth-order valence-corrected chi connectivity index (χ4v) is 4.90. The molecule has 0 bridgehead atoms. The van der Waals surface area contributed by atoms with E-state index in [1.165, 1.54) is 18.4 Å². The van der Waals surface area contributed by atoms with Crippen LogP contribution in [0.25, 0.3) is 39.3 Å². The van der Waals surface area contributed by atoms with Gasteiger partial charge in [-0.2, -0.15) is 5.10 Å². The van der Waals surface area contributed by atoms with E-state index in [-0.39, 0.29) is 15.7 Å². The molecule has 0 aliphatic heterocycles. The van der Waals surface area contributed by atoms with Gasteiger partial charge in [0.2, 0.25) is 10.0 Å². The minimum absolute atomic E-state index is 0.0538. The zero-order valence-corrected chi connectivity index (χ0v) is 20.4. The number of benzene rings is 2. The third kappa shape index (κ3) is 4.03. The fourth-order valence-electron chi connectivity index (χ4n) is 3.84. The molecule has 5 aromatic rings. The van der Waals surface area contributed by atoms with Crippen molar-refractivity contribution in [1.29, 1.82) is 0 Å². The molecule has 0 atom stereocenters. The van der Waals surface area contributed by atoms with Crippen molar-refractivity contribution in [2.45, 2.75) is 4.90 Å². The van der Waals surface area contributed by atoms with Crippen LogP contribution in [0.4, 0.5) is 0 Å². The highest BCUT2D eigenvalue weighted by Gasteiger charge is 2.22. The number of aromatic hydroxyl groups is 1. The van der Waals surface area contributed by atoms with Gasteiger partial charge >= 0.3 is 0 Å². The van der Waals surface area contributed by atoms with Crippen LogP contribution in [0.3, 0.4) is 0 Å². The van der Waals surface area contributed by atoms with E-state index in [0.717, 1.165) is 5.56 Å². The molecule has 0 radical (unpaired) electrons. The van der Waals surface area contributed by atoms with Crippen molar-refractivity contribution in [2.24, 2.45) is 0 Å². The molecule has 2 aromatic carbocycles. The summed E-state index contributed by atoms with van der Waals surface area (Å²) in [6.07, 6.45) is 4.99. The highest BCUT2D eigenvalue weighted by atomic mass is 35.5. The predicted octanol–water partition coefficient (Wildman–Crippen LogP) is 4.73. The third-order valence-electron chi connectivity index (χ3n) is 5.62. The molecule has 5 rings (SSSR count). The van der Waals surface area contributed by atoms with Gasteiger partial charge in [-0.3, -0.25) is 4.98 Å². The van der Waals surface area contributed by atoms with Crippen molar-refractivity contribution in [3.63, 3.8) is 0 Å². The summed E-state index contributed by atoms with van der Waals surface area (Å²) in [5.74, 6) is -0.0538. The second-order valence-electron chi connectivity index (χ2n) is 8.01. The quantitative estimate of drug-likeness (QED) is 0.370. The number of nitrogens with zero attached hydrogens (tertiary/aromatic N) is 5. The highest BCUT2D eigenvalue weighted by Crippen LogP contribution is 2.38. The maximum atomic E-state index is 12.7. The second-order valence-corrected chi connectivity index (χ2v) is 10.6. The summed E-state index contributed by atoms with van der Waals surface area (Å²) in [7, 11) is -0.628. The summed E-state index contributed by atoms with van der Waals surface area (Å²) in [5.41, 5.74) is 4.68. The van der Waals surface area contributed by atoms with Crippen LogP contribution in [-0.4, -0.2) is 51.5 Å². The molecule has 1 N–H and O–H groups in total. The molecule has 3 aromatic heterocycles. The average molecular weight is 506 g/mol. The van der Waals surface area contributed by atoms with Gasteiger partial charge in [0.05, 0.1) is 21.2 Å². The van der Waals surface area contributed by atoms with Crippen LogP contribution < -0.4 is 0 Å². The van der Waals surface area contributed by atoms with Crippen molar-refractivity contribution in [2.75, 3.05) is 14.1 Å². The van der Waals surface area contributed by atoms with Crippen molar-refractivity contribution >= 4 is 27.3 Å². The lowest BCUT2D eigenvalue weighted by Crippen LogP contribution is -2.22. The number of rotatable bonds is 5. The summed E-state index contributed by atoms with van der Waals surface area (Å²) in [6, 6.07) is 17.1. The van der Waals surface area contributed by atoms with E-state index in [1.54, 1.807) is 65.6 Å². The first kappa shape index (κ1) is 23.0. The molecule has 0 aliphatic carbocycles. The van der Waals surface area contributed by atoms with E-state index in [0.29, 0.717) is 33.7 Å². The number of aromatic nitrogens is 4. The van der Waals surface area contributed by atoms with Gasteiger partial charge in [0, 0.05) is 43.8 Å². The molecule has 10 heteroatoms. The Morgan fingerprint density at radius 3 is 2.40 bits per heavy atom. The van der Waals surface area contributed by atoms with Crippen LogP contribution in [0, 0.1) is 0 Å². The first-order valence-corrected chi connectivity index (χ1v) is 12.4. The standard InChI is InChI=1S/C25H20ClN5O3S/c1-30(2)35(33,34)19-5-3-4-17(14-19)21-10-13-28-25-23(18-6-7-20(26)22(32)15-18)24(29-31(21)25)16-8-11-27-12-9-16/h3-15,32H,1-2H3. The maximum absolute atomic E-state index is 12.7. The van der Waals surface area contributed by atoms with Crippen LogP contribution in [0.1, 0.15) is 0 Å². The molecule has 0 saturated carbocycles. The zero-order valence-electron chi connectivity index (χ0n) is 18.8. The van der Waals surface area contributed by atoms with E-state index >= 15 is 0 Å². The summed E-state index contributed by atoms with van der Waals surface area (Å²) in [4.78, 5) is 8.86. The molecule has 0 spiro atoms. The van der Waals surface area contributed by atoms with Crippen LogP contribution in [0.5, 0.6) is 5.75 Å². The van der Waals surface area contributed by atoms with Gasteiger partial charge in [0.25, 0.3) is 0 Å². The Kier molecular flexibility index (Phi) is 5.76. The second kappa shape index (κ2) is 8.77. The molecule has 0 amide bonds. The monoisotopic (exact) mass is 505 g/mol. The topological polar surface area (TPSA) is 101 Å². The lowest BCUT2D eigenvalue weighted by Gasteiger charge is -2.12. The van der Waals surface area contributed by atoms with Crippen molar-refractivity contribution < 1.29 is 13.5 Å². The molecule has 0 saturated heterocycles. The maximum Gasteiger partial charge on any atom is 0.242 e. The van der Waals surface area contributed by atoms with E-state index in [4.69, 9.17) is 16.7 Å². The summed E-state index contributed by atoms with van der Waals surface area (Å²) in [6.45, 7) is 0. The predicted molar refractivity (Wildman–Crippen MR) is 135 cm³/mol. The van der Waals surface area contributed by atoms with Crippen LogP contribution >= 0.6 is 11.6 Å². The van der Waals surface area contributed by atoms with Crippen LogP contribution in [0.2, 0.25) is 5.02 Å². The summed E-state index contributed by atoms with van der Waals surface area (Å²) in [5, 5.41) is 15.4. The Morgan fingerprint density at radius 2 is 1.69 bits per heavy atom.